The van der Waals surface area contributed by atoms with Gasteiger partial charge in [0.05, 0.1) is 0 Å². The lowest BCUT2D eigenvalue weighted by Gasteiger charge is -2.34. The van der Waals surface area contributed by atoms with Gasteiger partial charge in [0.25, 0.3) is 0 Å². The van der Waals surface area contributed by atoms with Gasteiger partial charge in [0.2, 0.25) is 0 Å². The first-order valence-corrected chi connectivity index (χ1v) is 6.72. The lowest BCUT2D eigenvalue weighted by atomic mass is 9.95. The minimum atomic E-state index is 0.421. The second kappa shape index (κ2) is 4.84. The average molecular weight is 210 g/mol. The van der Waals surface area contributed by atoms with Crippen LogP contribution in [0.4, 0.5) is 0 Å². The molecule has 2 aliphatic rings. The van der Waals surface area contributed by atoms with E-state index in [9.17, 15) is 0 Å². The number of hydrogen-bond acceptors (Lipinski definition) is 2. The second-order valence-corrected chi connectivity index (χ2v) is 5.60. The third-order valence-electron chi connectivity index (χ3n) is 4.04. The predicted molar refractivity (Wildman–Crippen MR) is 65.1 cm³/mol. The van der Waals surface area contributed by atoms with E-state index in [1.54, 1.807) is 0 Å². The van der Waals surface area contributed by atoms with Crippen molar-refractivity contribution in [1.29, 1.82) is 0 Å². The molecular formula is C13H26N2. The number of unbranched alkanes of at least 4 members (excludes halogenated alkanes) is 1. The molecule has 0 amide bonds. The first-order valence-electron chi connectivity index (χ1n) is 6.72. The highest BCUT2D eigenvalue weighted by atomic mass is 15.2. The van der Waals surface area contributed by atoms with E-state index in [4.69, 9.17) is 0 Å². The molecule has 0 radical (unpaired) electrons. The lowest BCUT2D eigenvalue weighted by Crippen LogP contribution is -2.51. The van der Waals surface area contributed by atoms with Crippen molar-refractivity contribution >= 4 is 0 Å². The minimum absolute atomic E-state index is 0.421. The van der Waals surface area contributed by atoms with Crippen molar-refractivity contribution in [3.63, 3.8) is 0 Å². The van der Waals surface area contributed by atoms with E-state index >= 15 is 0 Å². The summed E-state index contributed by atoms with van der Waals surface area (Å²) in [5, 5.41) is 3.78. The van der Waals surface area contributed by atoms with Gasteiger partial charge in [-0.05, 0) is 58.2 Å². The first-order chi connectivity index (χ1) is 7.24. The summed E-state index contributed by atoms with van der Waals surface area (Å²) >= 11 is 0. The predicted octanol–water partition coefficient (Wildman–Crippen LogP) is 2.25. The van der Waals surface area contributed by atoms with E-state index in [2.05, 4.69) is 24.1 Å². The Morgan fingerprint density at radius 1 is 1.40 bits per heavy atom. The van der Waals surface area contributed by atoms with Gasteiger partial charge in [-0.3, -0.25) is 0 Å². The fourth-order valence-electron chi connectivity index (χ4n) is 2.84. The van der Waals surface area contributed by atoms with Crippen molar-refractivity contribution in [2.45, 2.75) is 51.5 Å². The summed E-state index contributed by atoms with van der Waals surface area (Å²) in [7, 11) is 0. The van der Waals surface area contributed by atoms with Crippen LogP contribution in [-0.4, -0.2) is 36.6 Å². The number of nitrogens with zero attached hydrogens (tertiary/aromatic N) is 1. The normalized spacial score (nSPS) is 34.0. The summed E-state index contributed by atoms with van der Waals surface area (Å²) in [5.74, 6) is 0.958. The molecule has 0 aromatic carbocycles. The summed E-state index contributed by atoms with van der Waals surface area (Å²) in [6.45, 7) is 9.83. The summed E-state index contributed by atoms with van der Waals surface area (Å²) in [6.07, 6.45) is 6.91. The summed E-state index contributed by atoms with van der Waals surface area (Å²) in [6, 6.07) is 0. The molecule has 0 aromatic heterocycles. The summed E-state index contributed by atoms with van der Waals surface area (Å²) < 4.78 is 0. The molecule has 1 saturated carbocycles. The Balaban J connectivity index is 1.89. The third kappa shape index (κ3) is 2.94. The van der Waals surface area contributed by atoms with Crippen LogP contribution >= 0.6 is 0 Å². The smallest absolute Gasteiger partial charge is 0.0308 e. The molecule has 0 aromatic rings. The Hall–Kier alpha value is -0.0800. The fourth-order valence-corrected chi connectivity index (χ4v) is 2.84. The Morgan fingerprint density at radius 2 is 2.20 bits per heavy atom. The number of nitrogens with one attached hydrogen (secondary N) is 1. The maximum absolute atomic E-state index is 3.78. The van der Waals surface area contributed by atoms with Crippen LogP contribution in [0.25, 0.3) is 0 Å². The van der Waals surface area contributed by atoms with Crippen LogP contribution in [-0.2, 0) is 0 Å². The SMILES string of the molecule is CCCCN1CCCNC(C)(C2CC2)C1. The average Bonchev–Trinajstić information content (AvgIpc) is 3.01. The van der Waals surface area contributed by atoms with Crippen molar-refractivity contribution in [2.75, 3.05) is 26.2 Å². The molecule has 2 rings (SSSR count). The van der Waals surface area contributed by atoms with Crippen LogP contribution in [0.15, 0.2) is 0 Å². The van der Waals surface area contributed by atoms with Crippen LogP contribution in [0, 0.1) is 5.92 Å². The van der Waals surface area contributed by atoms with E-state index in [-0.39, 0.29) is 0 Å². The largest absolute Gasteiger partial charge is 0.310 e. The molecular weight excluding hydrogens is 184 g/mol. The Morgan fingerprint density at radius 3 is 2.87 bits per heavy atom. The van der Waals surface area contributed by atoms with Crippen LogP contribution in [0.2, 0.25) is 0 Å². The molecule has 15 heavy (non-hydrogen) atoms. The zero-order valence-electron chi connectivity index (χ0n) is 10.4. The molecule has 2 nitrogen and oxygen atoms in total. The van der Waals surface area contributed by atoms with Gasteiger partial charge in [-0.1, -0.05) is 13.3 Å². The van der Waals surface area contributed by atoms with Gasteiger partial charge in [-0.15, -0.1) is 0 Å². The third-order valence-corrected chi connectivity index (χ3v) is 4.04. The zero-order valence-corrected chi connectivity index (χ0v) is 10.4. The first kappa shape index (κ1) is 11.4. The number of hydrogen-bond donors (Lipinski definition) is 1. The zero-order chi connectivity index (χ0) is 10.7. The fraction of sp³-hybridized carbons (Fsp3) is 1.00. The minimum Gasteiger partial charge on any atom is -0.310 e. The van der Waals surface area contributed by atoms with E-state index in [0.29, 0.717) is 5.54 Å². The lowest BCUT2D eigenvalue weighted by molar-refractivity contribution is 0.199. The van der Waals surface area contributed by atoms with Crippen LogP contribution in [0.5, 0.6) is 0 Å². The molecule has 1 N–H and O–H groups in total. The molecule has 1 saturated heterocycles. The topological polar surface area (TPSA) is 15.3 Å². The van der Waals surface area contributed by atoms with Crippen LogP contribution < -0.4 is 5.32 Å². The van der Waals surface area contributed by atoms with Gasteiger partial charge in [0.15, 0.2) is 0 Å². The monoisotopic (exact) mass is 210 g/mol. The van der Waals surface area contributed by atoms with Crippen molar-refractivity contribution < 1.29 is 0 Å². The van der Waals surface area contributed by atoms with E-state index in [1.165, 1.54) is 58.3 Å². The molecule has 0 spiro atoms. The molecule has 0 bridgehead atoms. The molecule has 1 aliphatic heterocycles. The highest BCUT2D eigenvalue weighted by molar-refractivity contribution is 5.00. The number of rotatable bonds is 4. The van der Waals surface area contributed by atoms with Crippen molar-refractivity contribution in [3.05, 3.63) is 0 Å². The van der Waals surface area contributed by atoms with Gasteiger partial charge in [0.1, 0.15) is 0 Å². The molecule has 1 atom stereocenters. The van der Waals surface area contributed by atoms with Crippen LogP contribution in [0.1, 0.15) is 46.0 Å². The standard InChI is InChI=1S/C13H26N2/c1-3-4-9-15-10-5-8-14-13(2,11-15)12-6-7-12/h12,14H,3-11H2,1-2H3. The van der Waals surface area contributed by atoms with Gasteiger partial charge >= 0.3 is 0 Å². The van der Waals surface area contributed by atoms with Crippen molar-refractivity contribution in [1.82, 2.24) is 10.2 Å². The molecule has 88 valence electrons. The second-order valence-electron chi connectivity index (χ2n) is 5.60. The van der Waals surface area contributed by atoms with E-state index in [0.717, 1.165) is 5.92 Å². The highest BCUT2D eigenvalue weighted by Crippen LogP contribution is 2.40. The molecule has 1 heterocycles. The van der Waals surface area contributed by atoms with Gasteiger partial charge in [-0.2, -0.15) is 0 Å². The van der Waals surface area contributed by atoms with Gasteiger partial charge in [-0.25, -0.2) is 0 Å². The van der Waals surface area contributed by atoms with E-state index < -0.39 is 0 Å². The maximum Gasteiger partial charge on any atom is 0.0308 e. The highest BCUT2D eigenvalue weighted by Gasteiger charge is 2.42. The van der Waals surface area contributed by atoms with Crippen molar-refractivity contribution in [2.24, 2.45) is 5.92 Å². The maximum atomic E-state index is 3.78. The Bertz CT molecular complexity index is 201. The Labute approximate surface area is 94.4 Å². The molecule has 1 aliphatic carbocycles. The quantitative estimate of drug-likeness (QED) is 0.765. The Kier molecular flexibility index (Phi) is 3.68. The molecule has 2 fully saturated rings. The van der Waals surface area contributed by atoms with Crippen LogP contribution in [0.3, 0.4) is 0 Å². The summed E-state index contributed by atoms with van der Waals surface area (Å²) in [4.78, 5) is 2.68. The molecule has 1 unspecified atom stereocenters. The molecule has 2 heteroatoms. The van der Waals surface area contributed by atoms with Gasteiger partial charge < -0.3 is 10.2 Å². The van der Waals surface area contributed by atoms with Crippen molar-refractivity contribution in [3.8, 4) is 0 Å². The van der Waals surface area contributed by atoms with Gasteiger partial charge in [0, 0.05) is 12.1 Å². The summed E-state index contributed by atoms with van der Waals surface area (Å²) in [5.41, 5.74) is 0.421. The van der Waals surface area contributed by atoms with E-state index in [1.807, 2.05) is 0 Å².